The third kappa shape index (κ3) is 3.70. The lowest BCUT2D eigenvalue weighted by Crippen LogP contribution is -2.32. The van der Waals surface area contributed by atoms with Gasteiger partial charge < -0.3 is 10.4 Å². The van der Waals surface area contributed by atoms with Crippen LogP contribution in [0.2, 0.25) is 0 Å². The van der Waals surface area contributed by atoms with Crippen molar-refractivity contribution in [2.45, 2.75) is 32.4 Å². The zero-order valence-corrected chi connectivity index (χ0v) is 12.6. The maximum absolute atomic E-state index is 12.0. The number of nitrogens with zero attached hydrogens (tertiary/aromatic N) is 2. The summed E-state index contributed by atoms with van der Waals surface area (Å²) in [6, 6.07) is 9.21. The monoisotopic (exact) mass is 287 g/mol. The summed E-state index contributed by atoms with van der Waals surface area (Å²) < 4.78 is 1.77. The number of hydrogen-bond acceptors (Lipinski definition) is 3. The predicted octanol–water partition coefficient (Wildman–Crippen LogP) is 1.64. The van der Waals surface area contributed by atoms with Crippen molar-refractivity contribution in [2.24, 2.45) is 7.05 Å². The van der Waals surface area contributed by atoms with Crippen LogP contribution in [0.1, 0.15) is 30.2 Å². The summed E-state index contributed by atoms with van der Waals surface area (Å²) in [4.78, 5) is 12.0. The maximum Gasteiger partial charge on any atom is 0.223 e. The number of aryl methyl sites for hydroxylation is 1. The molecular weight excluding hydrogens is 266 g/mol. The van der Waals surface area contributed by atoms with Crippen LogP contribution in [0, 0.1) is 6.92 Å². The molecule has 1 heterocycles. The molecule has 0 spiro atoms. The molecule has 1 amide bonds. The second-order valence-electron chi connectivity index (χ2n) is 5.47. The van der Waals surface area contributed by atoms with E-state index in [-0.39, 0.29) is 12.3 Å². The summed E-state index contributed by atoms with van der Waals surface area (Å²) in [5.74, 6) is -0.188. The highest BCUT2D eigenvalue weighted by Gasteiger charge is 2.26. The van der Waals surface area contributed by atoms with Gasteiger partial charge in [0.1, 0.15) is 0 Å². The number of amides is 1. The first-order valence-electron chi connectivity index (χ1n) is 6.92. The number of hydrogen-bond donors (Lipinski definition) is 2. The third-order valence-corrected chi connectivity index (χ3v) is 3.71. The molecule has 0 saturated carbocycles. The van der Waals surface area contributed by atoms with Gasteiger partial charge in [-0.25, -0.2) is 0 Å². The van der Waals surface area contributed by atoms with Gasteiger partial charge in [0.2, 0.25) is 5.91 Å². The van der Waals surface area contributed by atoms with Crippen molar-refractivity contribution in [1.29, 1.82) is 0 Å². The Morgan fingerprint density at radius 2 is 2.05 bits per heavy atom. The van der Waals surface area contributed by atoms with E-state index in [0.717, 1.165) is 16.8 Å². The molecule has 1 atom stereocenters. The summed E-state index contributed by atoms with van der Waals surface area (Å²) in [5, 5.41) is 17.4. The normalized spacial score (nSPS) is 13.7. The SMILES string of the molecule is Cc1c(CNC(=O)CC(C)(O)c2ccccc2)cnn1C. The van der Waals surface area contributed by atoms with E-state index in [4.69, 9.17) is 0 Å². The second-order valence-corrected chi connectivity index (χ2v) is 5.47. The molecule has 1 unspecified atom stereocenters. The number of carbonyl (C=O) groups is 1. The van der Waals surface area contributed by atoms with Gasteiger partial charge in [0.05, 0.1) is 18.2 Å². The van der Waals surface area contributed by atoms with Crippen LogP contribution in [-0.4, -0.2) is 20.8 Å². The summed E-state index contributed by atoms with van der Waals surface area (Å²) in [7, 11) is 1.86. The molecule has 0 aliphatic heterocycles. The molecule has 0 radical (unpaired) electrons. The standard InChI is InChI=1S/C16H21N3O2/c1-12-13(11-18-19(12)3)10-17-15(20)9-16(2,21)14-7-5-4-6-8-14/h4-8,11,21H,9-10H2,1-3H3,(H,17,20). The van der Waals surface area contributed by atoms with E-state index in [1.165, 1.54) is 0 Å². The van der Waals surface area contributed by atoms with E-state index >= 15 is 0 Å². The minimum absolute atomic E-state index is 0.0241. The van der Waals surface area contributed by atoms with Crippen LogP contribution < -0.4 is 5.32 Å². The van der Waals surface area contributed by atoms with Gasteiger partial charge in [-0.2, -0.15) is 5.10 Å². The summed E-state index contributed by atoms with van der Waals surface area (Å²) in [5.41, 5.74) is 1.56. The second kappa shape index (κ2) is 6.10. The van der Waals surface area contributed by atoms with Crippen LogP contribution in [0.4, 0.5) is 0 Å². The van der Waals surface area contributed by atoms with Gasteiger partial charge in [0.25, 0.3) is 0 Å². The summed E-state index contributed by atoms with van der Waals surface area (Å²) >= 11 is 0. The van der Waals surface area contributed by atoms with Gasteiger partial charge in [-0.1, -0.05) is 30.3 Å². The number of nitrogens with one attached hydrogen (secondary N) is 1. The van der Waals surface area contributed by atoms with Crippen LogP contribution in [0.3, 0.4) is 0 Å². The van der Waals surface area contributed by atoms with Gasteiger partial charge in [-0.05, 0) is 19.4 Å². The first kappa shape index (κ1) is 15.3. The topological polar surface area (TPSA) is 67.2 Å². The number of aliphatic hydroxyl groups is 1. The maximum atomic E-state index is 12.0. The summed E-state index contributed by atoms with van der Waals surface area (Å²) in [6.45, 7) is 4.02. The van der Waals surface area contributed by atoms with E-state index in [1.807, 2.05) is 44.3 Å². The number of benzene rings is 1. The Morgan fingerprint density at radius 1 is 1.38 bits per heavy atom. The molecule has 112 valence electrons. The molecule has 5 nitrogen and oxygen atoms in total. The Morgan fingerprint density at radius 3 is 2.62 bits per heavy atom. The fourth-order valence-corrected chi connectivity index (χ4v) is 2.19. The number of aromatic nitrogens is 2. The highest BCUT2D eigenvalue weighted by atomic mass is 16.3. The highest BCUT2D eigenvalue weighted by molar-refractivity contribution is 5.77. The van der Waals surface area contributed by atoms with Gasteiger partial charge >= 0.3 is 0 Å². The average Bonchev–Trinajstić information content (AvgIpc) is 2.77. The van der Waals surface area contributed by atoms with Gasteiger partial charge in [-0.3, -0.25) is 9.48 Å². The van der Waals surface area contributed by atoms with Crippen molar-refractivity contribution >= 4 is 5.91 Å². The van der Waals surface area contributed by atoms with E-state index in [0.29, 0.717) is 6.54 Å². The van der Waals surface area contributed by atoms with Crippen LogP contribution in [0.15, 0.2) is 36.5 Å². The fraction of sp³-hybridized carbons (Fsp3) is 0.375. The van der Waals surface area contributed by atoms with Crippen molar-refractivity contribution in [3.05, 3.63) is 53.3 Å². The first-order valence-corrected chi connectivity index (χ1v) is 6.92. The van der Waals surface area contributed by atoms with Gasteiger partial charge in [0, 0.05) is 24.8 Å². The lowest BCUT2D eigenvalue weighted by Gasteiger charge is -2.23. The molecule has 21 heavy (non-hydrogen) atoms. The Hall–Kier alpha value is -2.14. The smallest absolute Gasteiger partial charge is 0.223 e. The molecule has 0 bridgehead atoms. The molecule has 1 aromatic heterocycles. The van der Waals surface area contributed by atoms with E-state index in [9.17, 15) is 9.90 Å². The minimum Gasteiger partial charge on any atom is -0.385 e. The van der Waals surface area contributed by atoms with Crippen LogP contribution in [-0.2, 0) is 24.0 Å². The Labute approximate surface area is 124 Å². The summed E-state index contributed by atoms with van der Waals surface area (Å²) in [6.07, 6.45) is 1.77. The molecule has 2 aromatic rings. The van der Waals surface area contributed by atoms with Crippen molar-refractivity contribution in [1.82, 2.24) is 15.1 Å². The molecule has 0 saturated heterocycles. The first-order chi connectivity index (χ1) is 9.90. The largest absolute Gasteiger partial charge is 0.385 e. The molecule has 1 aromatic carbocycles. The number of rotatable bonds is 5. The van der Waals surface area contributed by atoms with E-state index in [1.54, 1.807) is 17.8 Å². The average molecular weight is 287 g/mol. The van der Waals surface area contributed by atoms with Crippen molar-refractivity contribution < 1.29 is 9.90 Å². The van der Waals surface area contributed by atoms with Crippen LogP contribution in [0.5, 0.6) is 0 Å². The van der Waals surface area contributed by atoms with Gasteiger partial charge in [0.15, 0.2) is 0 Å². The van der Waals surface area contributed by atoms with Crippen molar-refractivity contribution in [3.8, 4) is 0 Å². The fourth-order valence-electron chi connectivity index (χ4n) is 2.19. The predicted molar refractivity (Wildman–Crippen MR) is 80.4 cm³/mol. The zero-order valence-electron chi connectivity index (χ0n) is 12.6. The molecule has 0 fully saturated rings. The Kier molecular flexibility index (Phi) is 4.43. The number of carbonyl (C=O) groups excluding carboxylic acids is 1. The van der Waals surface area contributed by atoms with Crippen molar-refractivity contribution in [2.75, 3.05) is 0 Å². The zero-order chi connectivity index (χ0) is 15.5. The van der Waals surface area contributed by atoms with Crippen LogP contribution in [0.25, 0.3) is 0 Å². The van der Waals surface area contributed by atoms with E-state index < -0.39 is 5.60 Å². The minimum atomic E-state index is -1.17. The van der Waals surface area contributed by atoms with Crippen molar-refractivity contribution in [3.63, 3.8) is 0 Å². The molecule has 2 N–H and O–H groups in total. The molecule has 2 rings (SSSR count). The van der Waals surface area contributed by atoms with Gasteiger partial charge in [-0.15, -0.1) is 0 Å². The quantitative estimate of drug-likeness (QED) is 0.878. The Bertz CT molecular complexity index is 618. The molecule has 0 aliphatic carbocycles. The molecular formula is C16H21N3O2. The molecule has 5 heteroatoms. The highest BCUT2D eigenvalue weighted by Crippen LogP contribution is 2.23. The third-order valence-electron chi connectivity index (χ3n) is 3.71. The lowest BCUT2D eigenvalue weighted by molar-refractivity contribution is -0.126. The lowest BCUT2D eigenvalue weighted by atomic mass is 9.92. The molecule has 0 aliphatic rings. The van der Waals surface area contributed by atoms with E-state index in [2.05, 4.69) is 10.4 Å². The van der Waals surface area contributed by atoms with Crippen LogP contribution >= 0.6 is 0 Å². The Balaban J connectivity index is 1.94.